The minimum atomic E-state index is -0.510. The van der Waals surface area contributed by atoms with Gasteiger partial charge in [-0.2, -0.15) is 0 Å². The summed E-state index contributed by atoms with van der Waals surface area (Å²) in [6.07, 6.45) is 0. The van der Waals surface area contributed by atoms with Gasteiger partial charge in [0.25, 0.3) is 11.6 Å². The Morgan fingerprint density at radius 1 is 1.32 bits per heavy atom. The van der Waals surface area contributed by atoms with E-state index in [0.717, 1.165) is 0 Å². The molecule has 1 amide bonds. The van der Waals surface area contributed by atoms with E-state index in [2.05, 4.69) is 15.9 Å². The second kappa shape index (κ2) is 6.57. The lowest BCUT2D eigenvalue weighted by atomic mass is 10.1. The highest BCUT2D eigenvalue weighted by Gasteiger charge is 2.25. The fraction of sp³-hybridized carbons (Fsp3) is 0.133. The summed E-state index contributed by atoms with van der Waals surface area (Å²) in [5, 5.41) is 11.2. The fourth-order valence-electron chi connectivity index (χ4n) is 2.13. The summed E-state index contributed by atoms with van der Waals surface area (Å²) in [5.74, 6) is -0.369. The molecule has 2 rings (SSSR count). The predicted octanol–water partition coefficient (Wildman–Crippen LogP) is 3.61. The molecule has 0 saturated heterocycles. The van der Waals surface area contributed by atoms with Gasteiger partial charge in [0.05, 0.1) is 10.5 Å². The summed E-state index contributed by atoms with van der Waals surface area (Å²) in [6, 6.07) is 11.2. The van der Waals surface area contributed by atoms with E-state index in [1.807, 2.05) is 0 Å². The van der Waals surface area contributed by atoms with Gasteiger partial charge in [-0.3, -0.25) is 14.9 Å². The number of hydrogen-bond donors (Lipinski definition) is 1. The molecule has 7 heteroatoms. The number of benzene rings is 2. The number of nitrogens with zero attached hydrogens (tertiary/aromatic N) is 2. The van der Waals surface area contributed by atoms with Crippen molar-refractivity contribution >= 4 is 38.9 Å². The van der Waals surface area contributed by atoms with Crippen molar-refractivity contribution in [1.82, 2.24) is 0 Å². The van der Waals surface area contributed by atoms with E-state index in [1.54, 1.807) is 43.3 Å². The van der Waals surface area contributed by atoms with Gasteiger partial charge in [-0.05, 0) is 31.2 Å². The second-order valence-electron chi connectivity index (χ2n) is 4.53. The van der Waals surface area contributed by atoms with E-state index in [4.69, 9.17) is 5.73 Å². The number of carbonyl (C=O) groups is 1. The Labute approximate surface area is 135 Å². The topological polar surface area (TPSA) is 89.5 Å². The maximum absolute atomic E-state index is 12.7. The molecule has 0 saturated carbocycles. The molecule has 2 aromatic carbocycles. The van der Waals surface area contributed by atoms with Crippen molar-refractivity contribution in [3.8, 4) is 0 Å². The number of halogens is 1. The Bertz CT molecular complexity index is 734. The molecule has 0 unspecified atom stereocenters. The minimum Gasteiger partial charge on any atom is -0.398 e. The fourth-order valence-corrected chi connectivity index (χ4v) is 2.48. The first-order chi connectivity index (χ1) is 10.5. The Kier molecular flexibility index (Phi) is 4.77. The van der Waals surface area contributed by atoms with Crippen molar-refractivity contribution in [2.24, 2.45) is 0 Å². The SMILES string of the molecule is CCN(C(=O)c1ccccc1N)c1ccc(Br)cc1[N+](=O)[O-]. The van der Waals surface area contributed by atoms with Crippen molar-refractivity contribution in [3.05, 3.63) is 62.6 Å². The zero-order valence-corrected chi connectivity index (χ0v) is 13.4. The number of hydrogen-bond acceptors (Lipinski definition) is 4. The average molecular weight is 364 g/mol. The van der Waals surface area contributed by atoms with Crippen molar-refractivity contribution in [3.63, 3.8) is 0 Å². The molecular weight excluding hydrogens is 350 g/mol. The van der Waals surface area contributed by atoms with Crippen LogP contribution in [-0.2, 0) is 0 Å². The number of anilines is 2. The Hall–Kier alpha value is -2.41. The standard InChI is InChI=1S/C15H14BrN3O3/c1-2-18(15(20)11-5-3-4-6-12(11)17)13-8-7-10(16)9-14(13)19(21)22/h3-9H,2,17H2,1H3. The van der Waals surface area contributed by atoms with Crippen LogP contribution in [0.2, 0.25) is 0 Å². The molecule has 0 atom stereocenters. The molecule has 22 heavy (non-hydrogen) atoms. The number of rotatable bonds is 4. The van der Waals surface area contributed by atoms with Crippen molar-refractivity contribution < 1.29 is 9.72 Å². The van der Waals surface area contributed by atoms with Gasteiger partial charge in [0, 0.05) is 22.8 Å². The van der Waals surface area contributed by atoms with E-state index in [-0.39, 0.29) is 23.8 Å². The molecule has 6 nitrogen and oxygen atoms in total. The van der Waals surface area contributed by atoms with Crippen molar-refractivity contribution in [1.29, 1.82) is 0 Å². The van der Waals surface area contributed by atoms with Gasteiger partial charge in [-0.15, -0.1) is 0 Å². The number of nitrogen functional groups attached to an aromatic ring is 1. The zero-order chi connectivity index (χ0) is 16.3. The van der Waals surface area contributed by atoms with Gasteiger partial charge in [0.2, 0.25) is 0 Å². The number of carbonyl (C=O) groups excluding carboxylic acids is 1. The Morgan fingerprint density at radius 3 is 2.59 bits per heavy atom. The molecule has 0 aliphatic heterocycles. The molecule has 0 fully saturated rings. The molecule has 0 radical (unpaired) electrons. The third-order valence-electron chi connectivity index (χ3n) is 3.18. The number of nitro benzene ring substituents is 1. The quantitative estimate of drug-likeness (QED) is 0.510. The zero-order valence-electron chi connectivity index (χ0n) is 11.8. The molecule has 0 spiro atoms. The first-order valence-corrected chi connectivity index (χ1v) is 7.35. The van der Waals surface area contributed by atoms with Crippen LogP contribution in [0.4, 0.5) is 17.1 Å². The van der Waals surface area contributed by atoms with Gasteiger partial charge in [-0.1, -0.05) is 28.1 Å². The molecule has 0 aromatic heterocycles. The number of nitrogens with two attached hydrogens (primary N) is 1. The number of nitro groups is 1. The maximum atomic E-state index is 12.7. The smallest absolute Gasteiger partial charge is 0.294 e. The van der Waals surface area contributed by atoms with Gasteiger partial charge >= 0.3 is 0 Å². The lowest BCUT2D eigenvalue weighted by molar-refractivity contribution is -0.384. The molecule has 0 bridgehead atoms. The summed E-state index contributed by atoms with van der Waals surface area (Å²) in [6.45, 7) is 2.04. The molecule has 2 aromatic rings. The molecular formula is C15H14BrN3O3. The van der Waals surface area contributed by atoms with Crippen molar-refractivity contribution in [2.45, 2.75) is 6.92 Å². The maximum Gasteiger partial charge on any atom is 0.294 e. The summed E-state index contributed by atoms with van der Waals surface area (Å²) in [5.41, 5.74) is 6.58. The molecule has 114 valence electrons. The van der Waals surface area contributed by atoms with E-state index in [0.29, 0.717) is 15.7 Å². The summed E-state index contributed by atoms with van der Waals surface area (Å²) in [7, 11) is 0. The summed E-state index contributed by atoms with van der Waals surface area (Å²) < 4.78 is 0.575. The molecule has 2 N–H and O–H groups in total. The van der Waals surface area contributed by atoms with Gasteiger partial charge < -0.3 is 10.6 Å². The van der Waals surface area contributed by atoms with E-state index in [1.165, 1.54) is 11.0 Å². The van der Waals surface area contributed by atoms with Crippen LogP contribution in [0.1, 0.15) is 17.3 Å². The Balaban J connectivity index is 2.51. The molecule has 0 aliphatic carbocycles. The normalized spacial score (nSPS) is 10.3. The highest BCUT2D eigenvalue weighted by atomic mass is 79.9. The van der Waals surface area contributed by atoms with Crippen LogP contribution >= 0.6 is 15.9 Å². The van der Waals surface area contributed by atoms with Crippen LogP contribution in [-0.4, -0.2) is 17.4 Å². The lowest BCUT2D eigenvalue weighted by Crippen LogP contribution is -2.31. The number of para-hydroxylation sites is 1. The van der Waals surface area contributed by atoms with Crippen LogP contribution in [0.5, 0.6) is 0 Å². The van der Waals surface area contributed by atoms with Crippen LogP contribution in [0.15, 0.2) is 46.9 Å². The summed E-state index contributed by atoms with van der Waals surface area (Å²) in [4.78, 5) is 24.7. The van der Waals surface area contributed by atoms with Crippen molar-refractivity contribution in [2.75, 3.05) is 17.2 Å². The summed E-state index contributed by atoms with van der Waals surface area (Å²) >= 11 is 3.20. The number of amides is 1. The van der Waals surface area contributed by atoms with Gasteiger partial charge in [-0.25, -0.2) is 0 Å². The molecule has 0 aliphatic rings. The lowest BCUT2D eigenvalue weighted by Gasteiger charge is -2.21. The first-order valence-electron chi connectivity index (χ1n) is 6.56. The van der Waals surface area contributed by atoms with E-state index >= 15 is 0 Å². The monoisotopic (exact) mass is 363 g/mol. The van der Waals surface area contributed by atoms with Gasteiger partial charge in [0.15, 0.2) is 0 Å². The second-order valence-corrected chi connectivity index (χ2v) is 5.44. The van der Waals surface area contributed by atoms with Crippen LogP contribution in [0.3, 0.4) is 0 Å². The molecule has 0 heterocycles. The largest absolute Gasteiger partial charge is 0.398 e. The van der Waals surface area contributed by atoms with Crippen LogP contribution in [0.25, 0.3) is 0 Å². The van der Waals surface area contributed by atoms with Crippen LogP contribution < -0.4 is 10.6 Å². The third kappa shape index (κ3) is 3.09. The van der Waals surface area contributed by atoms with E-state index in [9.17, 15) is 14.9 Å². The average Bonchev–Trinajstić information content (AvgIpc) is 2.49. The van der Waals surface area contributed by atoms with Crippen LogP contribution in [0, 0.1) is 10.1 Å². The predicted molar refractivity (Wildman–Crippen MR) is 89.0 cm³/mol. The highest BCUT2D eigenvalue weighted by Crippen LogP contribution is 2.32. The highest BCUT2D eigenvalue weighted by molar-refractivity contribution is 9.10. The van der Waals surface area contributed by atoms with Gasteiger partial charge in [0.1, 0.15) is 5.69 Å². The van der Waals surface area contributed by atoms with E-state index < -0.39 is 4.92 Å². The third-order valence-corrected chi connectivity index (χ3v) is 3.67. The minimum absolute atomic E-state index is 0.140. The first kappa shape index (κ1) is 16.0. The Morgan fingerprint density at radius 2 is 2.00 bits per heavy atom.